The number of carbonyl (C=O) groups excluding carboxylic acids is 2. The third kappa shape index (κ3) is 1.78. The van der Waals surface area contributed by atoms with Gasteiger partial charge in [0, 0.05) is 0 Å². The van der Waals surface area contributed by atoms with Crippen molar-refractivity contribution in [1.29, 1.82) is 0 Å². The van der Waals surface area contributed by atoms with Gasteiger partial charge in [-0.3, -0.25) is 0 Å². The molecule has 6 nitrogen and oxygen atoms in total. The zero-order chi connectivity index (χ0) is 12.5. The first-order valence-electron chi connectivity index (χ1n) is 5.19. The SMILES string of the molecule is CC1(OC(=O)C(C)(I)C23NI2N3)CCC(=O)O1. The van der Waals surface area contributed by atoms with E-state index >= 15 is 0 Å². The molecule has 0 bridgehead atoms. The average molecular weight is 466 g/mol. The van der Waals surface area contributed by atoms with Gasteiger partial charge in [-0.25, -0.2) is 0 Å². The van der Waals surface area contributed by atoms with Crippen LogP contribution in [0.25, 0.3) is 0 Å². The molecular formula is C9H12I2N2O4. The summed E-state index contributed by atoms with van der Waals surface area (Å²) >= 11 is 0.912. The van der Waals surface area contributed by atoms with E-state index in [1.165, 1.54) is 0 Å². The van der Waals surface area contributed by atoms with Crippen molar-refractivity contribution in [3.05, 3.63) is 0 Å². The Morgan fingerprint density at radius 2 is 2.24 bits per heavy atom. The van der Waals surface area contributed by atoms with Crippen molar-refractivity contribution < 1.29 is 19.1 Å². The first-order valence-corrected chi connectivity index (χ1v) is 9.50. The molecule has 3 heterocycles. The summed E-state index contributed by atoms with van der Waals surface area (Å²) in [5, 5.41) is 0. The Hall–Kier alpha value is 0.320. The predicted molar refractivity (Wildman–Crippen MR) is 75.3 cm³/mol. The van der Waals surface area contributed by atoms with Crippen LogP contribution in [0.15, 0.2) is 0 Å². The number of cyclic esters (lactones) is 1. The molecule has 0 aromatic rings. The average Bonchev–Trinajstić information content (AvgIpc) is 3.00. The zero-order valence-corrected chi connectivity index (χ0v) is 13.6. The first-order chi connectivity index (χ1) is 7.79. The molecule has 96 valence electrons. The van der Waals surface area contributed by atoms with Gasteiger partial charge in [-0.05, 0) is 0 Å². The van der Waals surface area contributed by atoms with Crippen LogP contribution in [-0.2, 0) is 19.1 Å². The molecule has 0 radical (unpaired) electrons. The van der Waals surface area contributed by atoms with E-state index in [0.29, 0.717) is 12.8 Å². The van der Waals surface area contributed by atoms with Gasteiger partial charge in [-0.15, -0.1) is 0 Å². The maximum absolute atomic E-state index is 12.2. The van der Waals surface area contributed by atoms with Crippen LogP contribution in [-0.4, -0.2) is 24.8 Å². The molecule has 0 amide bonds. The predicted octanol–water partition coefficient (Wildman–Crippen LogP) is 0.973. The Morgan fingerprint density at radius 1 is 1.65 bits per heavy atom. The monoisotopic (exact) mass is 466 g/mol. The molecule has 0 aromatic carbocycles. The second-order valence-corrected chi connectivity index (χ2v) is 11.1. The molecule has 17 heavy (non-hydrogen) atoms. The molecule has 8 heteroatoms. The molecule has 0 aliphatic carbocycles. The quantitative estimate of drug-likeness (QED) is 0.161. The van der Waals surface area contributed by atoms with Gasteiger partial charge >= 0.3 is 121 Å². The van der Waals surface area contributed by atoms with E-state index in [1.807, 2.05) is 6.92 Å². The molecule has 0 spiro atoms. The third-order valence-corrected chi connectivity index (χ3v) is 10.2. The zero-order valence-electron chi connectivity index (χ0n) is 9.30. The number of ether oxygens (including phenoxy) is 2. The molecule has 3 aliphatic rings. The van der Waals surface area contributed by atoms with Gasteiger partial charge in [0.05, 0.1) is 0 Å². The molecule has 2 N–H and O–H groups in total. The number of halogens is 2. The van der Waals surface area contributed by atoms with Crippen LogP contribution >= 0.6 is 43.0 Å². The van der Waals surface area contributed by atoms with Crippen LogP contribution in [0.1, 0.15) is 26.7 Å². The molecule has 3 saturated heterocycles. The van der Waals surface area contributed by atoms with Gasteiger partial charge < -0.3 is 0 Å². The molecule has 3 aliphatic heterocycles. The number of carbonyl (C=O) groups is 2. The van der Waals surface area contributed by atoms with Gasteiger partial charge in [-0.1, -0.05) is 0 Å². The van der Waals surface area contributed by atoms with Gasteiger partial charge in [0.1, 0.15) is 0 Å². The van der Waals surface area contributed by atoms with Gasteiger partial charge in [0.25, 0.3) is 0 Å². The van der Waals surface area contributed by atoms with Crippen LogP contribution in [0.2, 0.25) is 0 Å². The second kappa shape index (κ2) is 3.45. The fraction of sp³-hybridized carbons (Fsp3) is 0.778. The summed E-state index contributed by atoms with van der Waals surface area (Å²) in [7, 11) is 0. The number of esters is 2. The summed E-state index contributed by atoms with van der Waals surface area (Å²) in [6, 6.07) is 0. The van der Waals surface area contributed by atoms with E-state index in [1.54, 1.807) is 6.92 Å². The van der Waals surface area contributed by atoms with E-state index in [0.717, 1.165) is 0 Å². The van der Waals surface area contributed by atoms with E-state index < -0.39 is 29.6 Å². The Balaban J connectivity index is 1.69. The molecule has 3 fully saturated rings. The van der Waals surface area contributed by atoms with Crippen molar-refractivity contribution in [2.24, 2.45) is 0 Å². The van der Waals surface area contributed by atoms with Crippen LogP contribution in [0.3, 0.4) is 0 Å². The normalized spacial score (nSPS) is 37.8. The standard InChI is InChI=1S/C9H12I2N2O4/c1-7(4-3-5(14)16-7)17-6(15)8(2,10)9-11(12-9)13-9/h12-13H,3-4H2,1-2H3. The van der Waals surface area contributed by atoms with Crippen LogP contribution in [0.5, 0.6) is 0 Å². The number of nitrogens with one attached hydrogen (secondary N) is 2. The van der Waals surface area contributed by atoms with E-state index in [2.05, 4.69) is 29.7 Å². The van der Waals surface area contributed by atoms with Crippen molar-refractivity contribution in [1.82, 2.24) is 7.06 Å². The van der Waals surface area contributed by atoms with Crippen molar-refractivity contribution in [2.45, 2.75) is 39.6 Å². The summed E-state index contributed by atoms with van der Waals surface area (Å²) in [5.74, 6) is -1.72. The molecule has 2 unspecified atom stereocenters. The summed E-state index contributed by atoms with van der Waals surface area (Å²) in [5.41, 5.74) is 0. The van der Waals surface area contributed by atoms with E-state index in [9.17, 15) is 9.59 Å². The van der Waals surface area contributed by atoms with Crippen molar-refractivity contribution in [3.63, 3.8) is 0 Å². The molecule has 3 rings (SSSR count). The number of alkyl halides is 2. The molecule has 0 saturated carbocycles. The third-order valence-electron chi connectivity index (χ3n) is 3.11. The second-order valence-electron chi connectivity index (χ2n) is 4.63. The van der Waals surface area contributed by atoms with Crippen LogP contribution in [0, 0.1) is 0 Å². The molecule has 0 aromatic heterocycles. The minimum atomic E-state index is -1.20. The Labute approximate surface area is 120 Å². The minimum absolute atomic E-state index is 0.159. The summed E-state index contributed by atoms with van der Waals surface area (Å²) in [4.78, 5) is 23.2. The Kier molecular flexibility index (Phi) is 2.51. The topological polar surface area (TPSA) is 96.5 Å². The number of fused-ring (bicyclic) bond motifs is 1. The summed E-state index contributed by atoms with van der Waals surface area (Å²) in [6.45, 7) is 3.48. The summed E-state index contributed by atoms with van der Waals surface area (Å²) in [6.07, 6.45) is 0.738. The number of rotatable bonds is 3. The van der Waals surface area contributed by atoms with Gasteiger partial charge in [0.2, 0.25) is 0 Å². The number of hydrogen-bond donors (Lipinski definition) is 2. The Morgan fingerprint density at radius 3 is 2.65 bits per heavy atom. The van der Waals surface area contributed by atoms with E-state index in [-0.39, 0.29) is 15.6 Å². The fourth-order valence-electron chi connectivity index (χ4n) is 1.76. The van der Waals surface area contributed by atoms with Crippen molar-refractivity contribution in [3.8, 4) is 0 Å². The van der Waals surface area contributed by atoms with E-state index in [4.69, 9.17) is 9.47 Å². The van der Waals surface area contributed by atoms with Gasteiger partial charge in [-0.2, -0.15) is 0 Å². The van der Waals surface area contributed by atoms with Gasteiger partial charge in [0.15, 0.2) is 0 Å². The number of hydrogen-bond acceptors (Lipinski definition) is 6. The molecular weight excluding hydrogens is 454 g/mol. The Bertz CT molecular complexity index is 421. The molecule has 2 atom stereocenters. The summed E-state index contributed by atoms with van der Waals surface area (Å²) < 4.78 is 16.2. The van der Waals surface area contributed by atoms with Crippen LogP contribution in [0.4, 0.5) is 0 Å². The fourth-order valence-corrected chi connectivity index (χ4v) is 9.50. The maximum atomic E-state index is 12.2. The first kappa shape index (κ1) is 12.4. The van der Waals surface area contributed by atoms with Crippen LogP contribution < -0.4 is 7.06 Å². The van der Waals surface area contributed by atoms with Crippen molar-refractivity contribution in [2.75, 3.05) is 0 Å². The van der Waals surface area contributed by atoms with Crippen molar-refractivity contribution >= 4 is 54.9 Å².